The van der Waals surface area contributed by atoms with Gasteiger partial charge in [-0.05, 0) is 30.4 Å². The molecule has 3 aliphatic rings. The van der Waals surface area contributed by atoms with Gasteiger partial charge in [-0.1, -0.05) is 31.4 Å². The van der Waals surface area contributed by atoms with Gasteiger partial charge in [0.1, 0.15) is 6.61 Å². The van der Waals surface area contributed by atoms with Crippen LogP contribution in [0.15, 0.2) is 24.3 Å². The van der Waals surface area contributed by atoms with Gasteiger partial charge in [-0.2, -0.15) is 0 Å². The second-order valence-electron chi connectivity index (χ2n) is 6.54. The Bertz CT molecular complexity index is 629. The Kier molecular flexibility index (Phi) is 3.59. The molecule has 2 fully saturated rings. The summed E-state index contributed by atoms with van der Waals surface area (Å²) in [4.78, 5) is 24.2. The number of hydrazine groups is 1. The number of ether oxygens (including phenoxy) is 2. The van der Waals surface area contributed by atoms with Gasteiger partial charge in [-0.15, -0.1) is 0 Å². The predicted molar refractivity (Wildman–Crippen MR) is 81.6 cm³/mol. The highest BCUT2D eigenvalue weighted by atomic mass is 16.6. The third kappa shape index (κ3) is 2.85. The molecule has 0 spiro atoms. The highest BCUT2D eigenvalue weighted by molar-refractivity contribution is 5.87. The number of carbonyl (C=O) groups excluding carboxylic acids is 2. The maximum atomic E-state index is 12.1. The van der Waals surface area contributed by atoms with Crippen molar-refractivity contribution >= 4 is 11.8 Å². The van der Waals surface area contributed by atoms with Crippen molar-refractivity contribution in [1.82, 2.24) is 10.9 Å². The fraction of sp³-hybridized carbons (Fsp3) is 0.529. The molecule has 3 atom stereocenters. The number of benzene rings is 1. The molecule has 0 unspecified atom stereocenters. The molecular formula is C17H20N2O4. The van der Waals surface area contributed by atoms with Gasteiger partial charge in [0.05, 0.1) is 0 Å². The van der Waals surface area contributed by atoms with Gasteiger partial charge in [0.2, 0.25) is 12.0 Å². The standard InChI is InChI=1S/C17H20N2O4/c20-16(12-8-11(12)10-4-3-5-10)18-19-17(21)15-9-22-13-6-1-2-7-14(13)23-15/h1-2,6-7,10-12,15H,3-5,8-9H2,(H,18,20)(H,19,21)/t11-,12-,15-/m1/s1. The fourth-order valence-electron chi connectivity index (χ4n) is 3.35. The maximum absolute atomic E-state index is 12.1. The van der Waals surface area contributed by atoms with Crippen molar-refractivity contribution < 1.29 is 19.1 Å². The normalized spacial score (nSPS) is 28.4. The second kappa shape index (κ2) is 5.76. The molecule has 2 aliphatic carbocycles. The summed E-state index contributed by atoms with van der Waals surface area (Å²) in [6.45, 7) is 0.132. The number of amides is 2. The number of nitrogens with one attached hydrogen (secondary N) is 2. The monoisotopic (exact) mass is 316 g/mol. The van der Waals surface area contributed by atoms with E-state index < -0.39 is 12.0 Å². The van der Waals surface area contributed by atoms with Gasteiger partial charge in [-0.3, -0.25) is 20.4 Å². The summed E-state index contributed by atoms with van der Waals surface area (Å²) in [5, 5.41) is 0. The van der Waals surface area contributed by atoms with Crippen molar-refractivity contribution in [2.75, 3.05) is 6.61 Å². The molecule has 1 aromatic rings. The highest BCUT2D eigenvalue weighted by Gasteiger charge is 2.49. The third-order valence-electron chi connectivity index (χ3n) is 5.04. The number of fused-ring (bicyclic) bond motifs is 1. The molecule has 0 bridgehead atoms. The lowest BCUT2D eigenvalue weighted by Crippen LogP contribution is -2.51. The minimum absolute atomic E-state index is 0.0600. The lowest BCUT2D eigenvalue weighted by molar-refractivity contribution is -0.135. The first-order valence-corrected chi connectivity index (χ1v) is 8.20. The Morgan fingerprint density at radius 3 is 2.52 bits per heavy atom. The molecule has 23 heavy (non-hydrogen) atoms. The van der Waals surface area contributed by atoms with Crippen molar-refractivity contribution in [3.63, 3.8) is 0 Å². The maximum Gasteiger partial charge on any atom is 0.283 e. The molecule has 0 radical (unpaired) electrons. The van der Waals surface area contributed by atoms with E-state index in [-0.39, 0.29) is 18.4 Å². The zero-order chi connectivity index (χ0) is 15.8. The van der Waals surface area contributed by atoms with Crippen LogP contribution in [0.4, 0.5) is 0 Å². The molecule has 1 aromatic carbocycles. The van der Waals surface area contributed by atoms with Gasteiger partial charge in [0.15, 0.2) is 11.5 Å². The molecule has 2 amide bonds. The topological polar surface area (TPSA) is 76.7 Å². The van der Waals surface area contributed by atoms with Crippen molar-refractivity contribution in [3.8, 4) is 11.5 Å². The third-order valence-corrected chi connectivity index (χ3v) is 5.04. The van der Waals surface area contributed by atoms with E-state index in [1.807, 2.05) is 12.1 Å². The minimum atomic E-state index is -0.758. The first-order chi connectivity index (χ1) is 11.2. The van der Waals surface area contributed by atoms with Gasteiger partial charge >= 0.3 is 0 Å². The van der Waals surface area contributed by atoms with E-state index in [2.05, 4.69) is 10.9 Å². The zero-order valence-electron chi connectivity index (χ0n) is 12.8. The first-order valence-electron chi connectivity index (χ1n) is 8.20. The van der Waals surface area contributed by atoms with Crippen LogP contribution in [0.3, 0.4) is 0 Å². The summed E-state index contributed by atoms with van der Waals surface area (Å²) < 4.78 is 11.1. The quantitative estimate of drug-likeness (QED) is 0.827. The van der Waals surface area contributed by atoms with Gasteiger partial charge in [-0.25, -0.2) is 0 Å². The van der Waals surface area contributed by atoms with E-state index in [0.717, 1.165) is 6.42 Å². The van der Waals surface area contributed by atoms with Crippen LogP contribution in [-0.2, 0) is 9.59 Å². The van der Waals surface area contributed by atoms with Gasteiger partial charge in [0, 0.05) is 5.92 Å². The summed E-state index contributed by atoms with van der Waals surface area (Å²) in [7, 11) is 0. The largest absolute Gasteiger partial charge is 0.485 e. The number of para-hydroxylation sites is 2. The van der Waals surface area contributed by atoms with Crippen LogP contribution in [-0.4, -0.2) is 24.5 Å². The highest BCUT2D eigenvalue weighted by Crippen LogP contribution is 2.51. The number of hydrogen-bond acceptors (Lipinski definition) is 4. The van der Waals surface area contributed by atoms with Crippen LogP contribution in [0.1, 0.15) is 25.7 Å². The Hall–Kier alpha value is -2.24. The van der Waals surface area contributed by atoms with E-state index in [4.69, 9.17) is 9.47 Å². The number of hydrogen-bond donors (Lipinski definition) is 2. The number of rotatable bonds is 3. The predicted octanol–water partition coefficient (Wildman–Crippen LogP) is 1.41. The first kappa shape index (κ1) is 14.4. The Labute approximate surface area is 134 Å². The van der Waals surface area contributed by atoms with E-state index in [1.165, 1.54) is 19.3 Å². The average molecular weight is 316 g/mol. The molecule has 1 heterocycles. The Morgan fingerprint density at radius 1 is 1.04 bits per heavy atom. The minimum Gasteiger partial charge on any atom is -0.485 e. The lowest BCUT2D eigenvalue weighted by atomic mass is 9.81. The van der Waals surface area contributed by atoms with E-state index >= 15 is 0 Å². The van der Waals surface area contributed by atoms with E-state index in [9.17, 15) is 9.59 Å². The molecule has 4 rings (SSSR count). The molecule has 6 nitrogen and oxygen atoms in total. The average Bonchev–Trinajstić information content (AvgIpc) is 3.30. The summed E-state index contributed by atoms with van der Waals surface area (Å²) >= 11 is 0. The van der Waals surface area contributed by atoms with Crippen LogP contribution < -0.4 is 20.3 Å². The molecule has 1 aliphatic heterocycles. The SMILES string of the molecule is O=C(NNC(=O)[C@@H]1C[C@@H]1C1CCC1)[C@H]1COc2ccccc2O1. The van der Waals surface area contributed by atoms with E-state index in [1.54, 1.807) is 12.1 Å². The summed E-state index contributed by atoms with van der Waals surface area (Å²) in [5.41, 5.74) is 4.98. The van der Waals surface area contributed by atoms with Crippen molar-refractivity contribution in [2.45, 2.75) is 31.8 Å². The summed E-state index contributed by atoms with van der Waals surface area (Å²) in [5.74, 6) is 1.97. The van der Waals surface area contributed by atoms with Crippen LogP contribution in [0.5, 0.6) is 11.5 Å². The Morgan fingerprint density at radius 2 is 1.78 bits per heavy atom. The molecule has 0 saturated heterocycles. The molecule has 6 heteroatoms. The van der Waals surface area contributed by atoms with Crippen LogP contribution in [0.25, 0.3) is 0 Å². The van der Waals surface area contributed by atoms with Crippen LogP contribution >= 0.6 is 0 Å². The van der Waals surface area contributed by atoms with Crippen molar-refractivity contribution in [1.29, 1.82) is 0 Å². The van der Waals surface area contributed by atoms with Gasteiger partial charge in [0.25, 0.3) is 5.91 Å². The zero-order valence-corrected chi connectivity index (χ0v) is 12.8. The van der Waals surface area contributed by atoms with Gasteiger partial charge < -0.3 is 9.47 Å². The van der Waals surface area contributed by atoms with Crippen LogP contribution in [0, 0.1) is 17.8 Å². The number of carbonyl (C=O) groups is 2. The van der Waals surface area contributed by atoms with Crippen LogP contribution in [0.2, 0.25) is 0 Å². The molecule has 0 aromatic heterocycles. The molecule has 2 N–H and O–H groups in total. The molecular weight excluding hydrogens is 296 g/mol. The van der Waals surface area contributed by atoms with Crippen molar-refractivity contribution in [2.24, 2.45) is 17.8 Å². The Balaban J connectivity index is 1.25. The second-order valence-corrected chi connectivity index (χ2v) is 6.54. The summed E-state index contributed by atoms with van der Waals surface area (Å²) in [6.07, 6.45) is 3.96. The lowest BCUT2D eigenvalue weighted by Gasteiger charge is -2.26. The van der Waals surface area contributed by atoms with Crippen molar-refractivity contribution in [3.05, 3.63) is 24.3 Å². The smallest absolute Gasteiger partial charge is 0.283 e. The molecule has 122 valence electrons. The molecule has 2 saturated carbocycles. The summed E-state index contributed by atoms with van der Waals surface area (Å²) in [6, 6.07) is 7.20. The fourth-order valence-corrected chi connectivity index (χ4v) is 3.35. The van der Waals surface area contributed by atoms with E-state index in [0.29, 0.717) is 23.3 Å².